The van der Waals surface area contributed by atoms with E-state index in [0.717, 1.165) is 0 Å². The molecule has 0 unspecified atom stereocenters. The highest BCUT2D eigenvalue weighted by Crippen LogP contribution is 2.27. The number of quaternary nitrogens is 1. The normalized spacial score (nSPS) is 20.0. The zero-order chi connectivity index (χ0) is 16.5. The molecule has 8 nitrogen and oxygen atoms in total. The maximum Gasteiger partial charge on any atom is 0.253 e. The van der Waals surface area contributed by atoms with Gasteiger partial charge in [0, 0.05) is 18.9 Å². The van der Waals surface area contributed by atoms with Crippen LogP contribution in [0.1, 0.15) is 42.4 Å². The van der Waals surface area contributed by atoms with Crippen molar-refractivity contribution in [3.05, 3.63) is 29.1 Å². The average Bonchev–Trinajstić information content (AvgIpc) is 2.76. The summed E-state index contributed by atoms with van der Waals surface area (Å²) in [7, 11) is 1.50. The van der Waals surface area contributed by atoms with E-state index in [1.165, 1.54) is 19.4 Å². The van der Waals surface area contributed by atoms with Crippen molar-refractivity contribution < 1.29 is 19.4 Å². The van der Waals surface area contributed by atoms with Crippen LogP contribution in [0.3, 0.4) is 0 Å². The van der Waals surface area contributed by atoms with Gasteiger partial charge in [0.25, 0.3) is 5.91 Å². The van der Waals surface area contributed by atoms with E-state index in [9.17, 15) is 14.7 Å². The van der Waals surface area contributed by atoms with Gasteiger partial charge in [0.05, 0.1) is 12.6 Å². The van der Waals surface area contributed by atoms with E-state index in [1.807, 2.05) is 13.8 Å². The standard InChI is InChI=1S/C15H19N3O4.H3N/c1-8(2)15(3)14(21)17-12(18-15)11-10(13(19)20)5-9(6-16-11)7-22-4;/h5-6,8H,7H2,1-4H3,(H,19,20)(H,17,18,21);1H3/t15-;/m0./s1. The van der Waals surface area contributed by atoms with Crippen LogP contribution < -0.4 is 16.6 Å². The minimum absolute atomic E-state index is 0. The molecule has 0 fully saturated rings. The van der Waals surface area contributed by atoms with Gasteiger partial charge in [-0.1, -0.05) is 13.8 Å². The third-order valence-electron chi connectivity index (χ3n) is 3.86. The van der Waals surface area contributed by atoms with Gasteiger partial charge in [0.2, 0.25) is 0 Å². The molecule has 0 radical (unpaired) electrons. The Kier molecular flexibility index (Phi) is 5.57. The summed E-state index contributed by atoms with van der Waals surface area (Å²) in [6, 6.07) is 1.42. The van der Waals surface area contributed by atoms with Crippen LogP contribution >= 0.6 is 0 Å². The minimum Gasteiger partial charge on any atom is -0.545 e. The van der Waals surface area contributed by atoms with Gasteiger partial charge in [-0.05, 0) is 24.5 Å². The first-order valence-electron chi connectivity index (χ1n) is 6.90. The Morgan fingerprint density at radius 2 is 2.13 bits per heavy atom. The van der Waals surface area contributed by atoms with Crippen molar-refractivity contribution in [1.29, 1.82) is 0 Å². The maximum absolute atomic E-state index is 12.1. The maximum atomic E-state index is 12.1. The highest BCUT2D eigenvalue weighted by Gasteiger charge is 2.42. The molecule has 126 valence electrons. The Hall–Kier alpha value is -2.32. The number of amides is 1. The van der Waals surface area contributed by atoms with Crippen molar-refractivity contribution in [3.8, 4) is 0 Å². The van der Waals surface area contributed by atoms with Crippen molar-refractivity contribution in [3.63, 3.8) is 0 Å². The van der Waals surface area contributed by atoms with Crippen molar-refractivity contribution in [2.24, 2.45) is 10.9 Å². The van der Waals surface area contributed by atoms with Crippen LogP contribution in [-0.2, 0) is 16.1 Å². The van der Waals surface area contributed by atoms with Crippen LogP contribution in [0.5, 0.6) is 0 Å². The van der Waals surface area contributed by atoms with Crippen LogP contribution in [0.4, 0.5) is 0 Å². The number of amidine groups is 1. The monoisotopic (exact) mass is 322 g/mol. The summed E-state index contributed by atoms with van der Waals surface area (Å²) in [5, 5.41) is 14.0. The van der Waals surface area contributed by atoms with E-state index in [1.54, 1.807) is 6.92 Å². The number of aromatic carboxylic acids is 1. The van der Waals surface area contributed by atoms with Crippen LogP contribution in [0.2, 0.25) is 0 Å². The topological polar surface area (TPSA) is 140 Å². The number of carboxylic acid groups (broad SMARTS) is 1. The first kappa shape index (κ1) is 18.7. The molecule has 0 aliphatic carbocycles. The van der Waals surface area contributed by atoms with E-state index in [0.29, 0.717) is 5.56 Å². The molecule has 1 aromatic heterocycles. The summed E-state index contributed by atoms with van der Waals surface area (Å²) in [6.45, 7) is 5.69. The Morgan fingerprint density at radius 3 is 2.61 bits per heavy atom. The molecule has 1 amide bonds. The fourth-order valence-electron chi connectivity index (χ4n) is 2.15. The first-order valence-corrected chi connectivity index (χ1v) is 6.90. The van der Waals surface area contributed by atoms with Crippen LogP contribution in [0, 0.1) is 5.92 Å². The molecule has 0 bridgehead atoms. The number of nitrogens with one attached hydrogen (secondary N) is 1. The molecule has 1 aliphatic rings. The first-order chi connectivity index (χ1) is 10.3. The number of aliphatic imine (C=N–C) groups is 1. The molecule has 0 saturated heterocycles. The Balaban J connectivity index is 0.00000264. The average molecular weight is 322 g/mol. The number of nitrogens with zero attached hydrogens (tertiary/aromatic N) is 2. The van der Waals surface area contributed by atoms with Crippen molar-refractivity contribution >= 4 is 17.7 Å². The van der Waals surface area contributed by atoms with Crippen LogP contribution in [0.15, 0.2) is 17.3 Å². The number of hydrogen-bond donors (Lipinski definition) is 2. The number of ether oxygens (including phenoxy) is 1. The van der Waals surface area contributed by atoms with Crippen LogP contribution in [-0.4, -0.2) is 35.3 Å². The predicted octanol–water partition coefficient (Wildman–Crippen LogP) is 0.259. The second kappa shape index (κ2) is 6.84. The Bertz CT molecular complexity index is 657. The smallest absolute Gasteiger partial charge is 0.253 e. The number of aromatic nitrogens is 1. The van der Waals surface area contributed by atoms with Crippen molar-refractivity contribution in [2.75, 3.05) is 7.11 Å². The second-order valence-electron chi connectivity index (χ2n) is 5.68. The van der Waals surface area contributed by atoms with Crippen molar-refractivity contribution in [2.45, 2.75) is 32.9 Å². The molecule has 0 spiro atoms. The molecule has 5 N–H and O–H groups in total. The van der Waals surface area contributed by atoms with E-state index in [4.69, 9.17) is 4.74 Å². The highest BCUT2D eigenvalue weighted by molar-refractivity contribution is 6.17. The van der Waals surface area contributed by atoms with E-state index in [-0.39, 0.29) is 41.7 Å². The van der Waals surface area contributed by atoms with Gasteiger partial charge < -0.3 is 26.1 Å². The summed E-state index contributed by atoms with van der Waals surface area (Å²) < 4.78 is 4.96. The van der Waals surface area contributed by atoms with Gasteiger partial charge in [-0.25, -0.2) is 4.99 Å². The lowest BCUT2D eigenvalue weighted by Gasteiger charge is -2.21. The van der Waals surface area contributed by atoms with Gasteiger partial charge in [-0.3, -0.25) is 9.78 Å². The summed E-state index contributed by atoms with van der Waals surface area (Å²) in [5.74, 6) is -1.53. The largest absolute Gasteiger partial charge is 0.545 e. The molecule has 1 aliphatic heterocycles. The lowest BCUT2D eigenvalue weighted by molar-refractivity contribution is -0.255. The summed E-state index contributed by atoms with van der Waals surface area (Å²) in [5.41, 5.74) is -0.369. The zero-order valence-corrected chi connectivity index (χ0v) is 14.0. The fraction of sp³-hybridized carbons (Fsp3) is 0.467. The molecule has 1 atom stereocenters. The number of carbonyl (C=O) groups excluding carboxylic acids is 2. The lowest BCUT2D eigenvalue weighted by Crippen LogP contribution is -2.41. The summed E-state index contributed by atoms with van der Waals surface area (Å²) >= 11 is 0. The van der Waals surface area contributed by atoms with Crippen molar-refractivity contribution in [1.82, 2.24) is 16.5 Å². The van der Waals surface area contributed by atoms with E-state index in [2.05, 4.69) is 15.3 Å². The molecule has 8 heteroatoms. The number of pyridine rings is 1. The zero-order valence-electron chi connectivity index (χ0n) is 14.0. The second-order valence-corrected chi connectivity index (χ2v) is 5.68. The molecular weight excluding hydrogens is 300 g/mol. The molecule has 0 aromatic carbocycles. The predicted molar refractivity (Wildman–Crippen MR) is 83.2 cm³/mol. The summed E-state index contributed by atoms with van der Waals surface area (Å²) in [4.78, 5) is 32.0. The number of methoxy groups -OCH3 is 1. The molecular formula is C15H22N4O4. The lowest BCUT2D eigenvalue weighted by atomic mass is 9.89. The van der Waals surface area contributed by atoms with Gasteiger partial charge in [-0.15, -0.1) is 0 Å². The molecule has 2 rings (SSSR count). The Morgan fingerprint density at radius 1 is 1.48 bits per heavy atom. The number of rotatable bonds is 5. The highest BCUT2D eigenvalue weighted by atomic mass is 16.5. The third-order valence-corrected chi connectivity index (χ3v) is 3.86. The minimum atomic E-state index is -1.38. The van der Waals surface area contributed by atoms with Gasteiger partial charge in [-0.2, -0.15) is 0 Å². The Labute approximate surface area is 134 Å². The van der Waals surface area contributed by atoms with Crippen LogP contribution in [0.25, 0.3) is 0 Å². The molecule has 2 heterocycles. The van der Waals surface area contributed by atoms with E-state index >= 15 is 0 Å². The third kappa shape index (κ3) is 3.38. The number of carbonyl (C=O) groups is 2. The summed E-state index contributed by atoms with van der Waals surface area (Å²) in [6.07, 6.45) is 1.49. The van der Waals surface area contributed by atoms with Gasteiger partial charge in [0.15, 0.2) is 5.84 Å². The van der Waals surface area contributed by atoms with Gasteiger partial charge in [0.1, 0.15) is 11.2 Å². The molecule has 23 heavy (non-hydrogen) atoms. The molecule has 1 aromatic rings. The quantitative estimate of drug-likeness (QED) is 0.800. The molecule has 0 saturated carbocycles. The number of hydrogen-bond acceptors (Lipinski definition) is 6. The fourth-order valence-corrected chi connectivity index (χ4v) is 2.15. The van der Waals surface area contributed by atoms with E-state index < -0.39 is 11.5 Å². The number of carboxylic acids is 1. The SMILES string of the molecule is COCc1cnc(C2=N[C@@](C)(C(C)C)C(=O)N2)c(C(=O)[O-])c1.[NH4+]. The van der Waals surface area contributed by atoms with Gasteiger partial charge >= 0.3 is 0 Å².